The Morgan fingerprint density at radius 2 is 2.29 bits per heavy atom. The number of ether oxygens (including phenoxy) is 1. The van der Waals surface area contributed by atoms with Crippen LogP contribution in [0.15, 0.2) is 12.1 Å². The van der Waals surface area contributed by atoms with E-state index in [1.807, 2.05) is 6.07 Å². The van der Waals surface area contributed by atoms with Crippen LogP contribution in [0.5, 0.6) is 5.75 Å². The van der Waals surface area contributed by atoms with Crippen LogP contribution in [0.4, 0.5) is 0 Å². The van der Waals surface area contributed by atoms with Gasteiger partial charge < -0.3 is 10.1 Å². The molecule has 1 N–H and O–H groups in total. The van der Waals surface area contributed by atoms with E-state index in [2.05, 4.69) is 18.3 Å². The van der Waals surface area contributed by atoms with Gasteiger partial charge in [-0.2, -0.15) is 0 Å². The first-order valence-corrected chi connectivity index (χ1v) is 6.62. The van der Waals surface area contributed by atoms with Crippen molar-refractivity contribution in [2.45, 2.75) is 26.2 Å². The molecule has 1 unspecified atom stereocenters. The average molecular weight is 254 g/mol. The fourth-order valence-corrected chi connectivity index (χ4v) is 2.78. The van der Waals surface area contributed by atoms with Crippen molar-refractivity contribution < 1.29 is 4.74 Å². The van der Waals surface area contributed by atoms with Gasteiger partial charge in [-0.15, -0.1) is 0 Å². The second-order valence-electron chi connectivity index (χ2n) is 4.86. The van der Waals surface area contributed by atoms with Crippen molar-refractivity contribution in [3.05, 3.63) is 28.3 Å². The van der Waals surface area contributed by atoms with E-state index in [-0.39, 0.29) is 0 Å². The molecule has 2 rings (SSSR count). The van der Waals surface area contributed by atoms with E-state index in [9.17, 15) is 0 Å². The zero-order chi connectivity index (χ0) is 12.3. The molecular formula is C14H20ClNO. The van der Waals surface area contributed by atoms with Crippen molar-refractivity contribution in [2.75, 3.05) is 20.2 Å². The number of benzene rings is 1. The summed E-state index contributed by atoms with van der Waals surface area (Å²) in [5, 5.41) is 4.22. The maximum Gasteiger partial charge on any atom is 0.137 e. The maximum atomic E-state index is 6.35. The first kappa shape index (κ1) is 12.7. The summed E-state index contributed by atoms with van der Waals surface area (Å²) in [5.41, 5.74) is 2.43. The molecule has 0 aromatic heterocycles. The summed E-state index contributed by atoms with van der Waals surface area (Å²) in [6.07, 6.45) is 3.61. The molecule has 0 bridgehead atoms. The van der Waals surface area contributed by atoms with Gasteiger partial charge in [-0.05, 0) is 62.4 Å². The fraction of sp³-hybridized carbons (Fsp3) is 0.571. The lowest BCUT2D eigenvalue weighted by Crippen LogP contribution is -2.30. The molecule has 1 aromatic rings. The van der Waals surface area contributed by atoms with Gasteiger partial charge in [-0.25, -0.2) is 0 Å². The summed E-state index contributed by atoms with van der Waals surface area (Å²) >= 11 is 6.35. The number of rotatable bonds is 3. The summed E-state index contributed by atoms with van der Waals surface area (Å²) < 4.78 is 5.31. The quantitative estimate of drug-likeness (QED) is 0.893. The Bertz CT molecular complexity index is 386. The molecule has 1 atom stereocenters. The van der Waals surface area contributed by atoms with Gasteiger partial charge >= 0.3 is 0 Å². The molecule has 94 valence electrons. The van der Waals surface area contributed by atoms with E-state index >= 15 is 0 Å². The number of hydrogen-bond donors (Lipinski definition) is 1. The summed E-state index contributed by atoms with van der Waals surface area (Å²) in [7, 11) is 1.67. The molecule has 0 saturated carbocycles. The number of halogens is 1. The Labute approximate surface area is 108 Å². The molecule has 3 heteroatoms. The molecule has 0 aliphatic carbocycles. The highest BCUT2D eigenvalue weighted by atomic mass is 35.5. The average Bonchev–Trinajstić information content (AvgIpc) is 2.34. The monoisotopic (exact) mass is 253 g/mol. The zero-order valence-electron chi connectivity index (χ0n) is 10.6. The van der Waals surface area contributed by atoms with Crippen LogP contribution in [0.1, 0.15) is 24.0 Å². The van der Waals surface area contributed by atoms with Crippen LogP contribution in [-0.2, 0) is 6.42 Å². The second-order valence-corrected chi connectivity index (χ2v) is 5.23. The van der Waals surface area contributed by atoms with Crippen LogP contribution in [0.25, 0.3) is 0 Å². The molecule has 0 amide bonds. The second kappa shape index (κ2) is 5.74. The fourth-order valence-electron chi connectivity index (χ4n) is 2.51. The first-order valence-electron chi connectivity index (χ1n) is 6.24. The van der Waals surface area contributed by atoms with Crippen molar-refractivity contribution in [1.29, 1.82) is 0 Å². The van der Waals surface area contributed by atoms with E-state index in [4.69, 9.17) is 16.3 Å². The third-order valence-corrected chi connectivity index (χ3v) is 3.82. The predicted molar refractivity (Wildman–Crippen MR) is 72.0 cm³/mol. The van der Waals surface area contributed by atoms with Gasteiger partial charge in [0, 0.05) is 0 Å². The summed E-state index contributed by atoms with van der Waals surface area (Å²) in [6, 6.07) is 4.17. The van der Waals surface area contributed by atoms with Crippen LogP contribution >= 0.6 is 11.6 Å². The van der Waals surface area contributed by atoms with E-state index < -0.39 is 0 Å². The zero-order valence-corrected chi connectivity index (χ0v) is 11.3. The third kappa shape index (κ3) is 3.14. The van der Waals surface area contributed by atoms with Crippen molar-refractivity contribution in [1.82, 2.24) is 5.32 Å². The largest absolute Gasteiger partial charge is 0.495 e. The lowest BCUT2D eigenvalue weighted by Gasteiger charge is -2.23. The van der Waals surface area contributed by atoms with Crippen molar-refractivity contribution in [3.8, 4) is 5.75 Å². The smallest absolute Gasteiger partial charge is 0.137 e. The Hall–Kier alpha value is -0.730. The first-order chi connectivity index (χ1) is 8.20. The Morgan fingerprint density at radius 3 is 2.94 bits per heavy atom. The van der Waals surface area contributed by atoms with Gasteiger partial charge in [-0.1, -0.05) is 17.7 Å². The van der Waals surface area contributed by atoms with Crippen molar-refractivity contribution in [2.24, 2.45) is 5.92 Å². The van der Waals surface area contributed by atoms with Crippen LogP contribution in [-0.4, -0.2) is 20.2 Å². The minimum atomic E-state index is 0.702. The van der Waals surface area contributed by atoms with Crippen molar-refractivity contribution >= 4 is 11.6 Å². The maximum absolute atomic E-state index is 6.35. The minimum Gasteiger partial charge on any atom is -0.495 e. The number of nitrogens with one attached hydrogen (secondary N) is 1. The lowest BCUT2D eigenvalue weighted by atomic mass is 9.91. The van der Waals surface area contributed by atoms with E-state index in [0.717, 1.165) is 30.3 Å². The lowest BCUT2D eigenvalue weighted by molar-refractivity contribution is 0.374. The molecule has 1 saturated heterocycles. The molecule has 2 nitrogen and oxygen atoms in total. The van der Waals surface area contributed by atoms with Crippen LogP contribution < -0.4 is 10.1 Å². The molecule has 17 heavy (non-hydrogen) atoms. The number of piperidine rings is 1. The van der Waals surface area contributed by atoms with E-state index in [0.29, 0.717) is 5.92 Å². The summed E-state index contributed by atoms with van der Waals surface area (Å²) in [6.45, 7) is 4.34. The molecule has 1 aliphatic rings. The van der Waals surface area contributed by atoms with Gasteiger partial charge in [-0.3, -0.25) is 0 Å². The highest BCUT2D eigenvalue weighted by Crippen LogP contribution is 2.32. The van der Waals surface area contributed by atoms with Crippen molar-refractivity contribution in [3.63, 3.8) is 0 Å². The van der Waals surface area contributed by atoms with Gasteiger partial charge in [0.15, 0.2) is 0 Å². The highest BCUT2D eigenvalue weighted by molar-refractivity contribution is 6.32. The summed E-state index contributed by atoms with van der Waals surface area (Å²) in [5.74, 6) is 1.50. The Balaban J connectivity index is 2.16. The number of hydrogen-bond acceptors (Lipinski definition) is 2. The normalized spacial score (nSPS) is 20.3. The topological polar surface area (TPSA) is 21.3 Å². The molecule has 1 fully saturated rings. The van der Waals surface area contributed by atoms with Gasteiger partial charge in [0.25, 0.3) is 0 Å². The van der Waals surface area contributed by atoms with E-state index in [1.54, 1.807) is 7.11 Å². The van der Waals surface area contributed by atoms with Crippen LogP contribution in [0.3, 0.4) is 0 Å². The summed E-state index contributed by atoms with van der Waals surface area (Å²) in [4.78, 5) is 0. The van der Waals surface area contributed by atoms with Crippen LogP contribution in [0, 0.1) is 12.8 Å². The third-order valence-electron chi connectivity index (χ3n) is 3.39. The van der Waals surface area contributed by atoms with Gasteiger partial charge in [0.1, 0.15) is 5.75 Å². The predicted octanol–water partition coefficient (Wildman–Crippen LogP) is 3.20. The molecule has 1 heterocycles. The Kier molecular flexibility index (Phi) is 4.30. The van der Waals surface area contributed by atoms with Gasteiger partial charge in [0.2, 0.25) is 0 Å². The standard InChI is InChI=1S/C14H20ClNO/c1-10-6-12(14(15)13(7-10)17-2)8-11-4-3-5-16-9-11/h6-7,11,16H,3-5,8-9H2,1-2H3. The molecular weight excluding hydrogens is 234 g/mol. The molecule has 0 radical (unpaired) electrons. The number of aryl methyl sites for hydroxylation is 1. The highest BCUT2D eigenvalue weighted by Gasteiger charge is 2.16. The minimum absolute atomic E-state index is 0.702. The molecule has 1 aliphatic heterocycles. The molecule has 0 spiro atoms. The van der Waals surface area contributed by atoms with Gasteiger partial charge in [0.05, 0.1) is 12.1 Å². The molecule has 1 aromatic carbocycles. The SMILES string of the molecule is COc1cc(C)cc(CC2CCCNC2)c1Cl. The van der Waals surface area contributed by atoms with Crippen LogP contribution in [0.2, 0.25) is 5.02 Å². The van der Waals surface area contributed by atoms with E-state index in [1.165, 1.54) is 24.0 Å². The number of methoxy groups -OCH3 is 1. The Morgan fingerprint density at radius 1 is 1.47 bits per heavy atom.